The molecule has 0 amide bonds. The Morgan fingerprint density at radius 2 is 1.94 bits per heavy atom. The molecular formula is C13H25NO3S. The van der Waals surface area contributed by atoms with E-state index in [9.17, 15) is 13.5 Å². The van der Waals surface area contributed by atoms with Crippen molar-refractivity contribution < 1.29 is 13.5 Å². The summed E-state index contributed by atoms with van der Waals surface area (Å²) < 4.78 is 22.7. The maximum absolute atomic E-state index is 11.3. The largest absolute Gasteiger partial charge is 0.389 e. The summed E-state index contributed by atoms with van der Waals surface area (Å²) in [5, 5.41) is 13.9. The monoisotopic (exact) mass is 275 g/mol. The highest BCUT2D eigenvalue weighted by molar-refractivity contribution is 7.91. The number of nitrogens with one attached hydrogen (secondary N) is 1. The van der Waals surface area contributed by atoms with Gasteiger partial charge >= 0.3 is 0 Å². The molecule has 1 aliphatic heterocycles. The molecule has 2 aliphatic rings. The van der Waals surface area contributed by atoms with Crippen molar-refractivity contribution in [2.24, 2.45) is 5.92 Å². The van der Waals surface area contributed by atoms with Gasteiger partial charge in [0.15, 0.2) is 0 Å². The minimum atomic E-state index is -2.79. The molecule has 1 saturated heterocycles. The van der Waals surface area contributed by atoms with Crippen LogP contribution in [-0.4, -0.2) is 43.2 Å². The third-order valence-electron chi connectivity index (χ3n) is 4.34. The van der Waals surface area contributed by atoms with Gasteiger partial charge < -0.3 is 10.4 Å². The van der Waals surface area contributed by atoms with E-state index in [-0.39, 0.29) is 6.04 Å². The normalized spacial score (nSPS) is 37.6. The smallest absolute Gasteiger partial charge is 0.150 e. The maximum atomic E-state index is 11.3. The Morgan fingerprint density at radius 3 is 2.56 bits per heavy atom. The lowest BCUT2D eigenvalue weighted by molar-refractivity contribution is -0.0139. The molecule has 1 heterocycles. The van der Waals surface area contributed by atoms with Crippen molar-refractivity contribution in [3.63, 3.8) is 0 Å². The van der Waals surface area contributed by atoms with E-state index in [4.69, 9.17) is 0 Å². The van der Waals surface area contributed by atoms with E-state index in [2.05, 4.69) is 12.2 Å². The molecule has 2 fully saturated rings. The van der Waals surface area contributed by atoms with Crippen molar-refractivity contribution in [2.75, 3.05) is 18.1 Å². The highest BCUT2D eigenvalue weighted by atomic mass is 32.2. The van der Waals surface area contributed by atoms with Gasteiger partial charge in [-0.1, -0.05) is 19.8 Å². The zero-order chi connectivity index (χ0) is 13.2. The molecule has 0 radical (unpaired) electrons. The van der Waals surface area contributed by atoms with Crippen molar-refractivity contribution in [2.45, 2.75) is 57.1 Å². The number of hydrogen-bond donors (Lipinski definition) is 2. The third-order valence-corrected chi connectivity index (χ3v) is 6.06. The maximum Gasteiger partial charge on any atom is 0.150 e. The van der Waals surface area contributed by atoms with Gasteiger partial charge in [0, 0.05) is 12.6 Å². The van der Waals surface area contributed by atoms with E-state index >= 15 is 0 Å². The number of rotatable bonds is 3. The highest BCUT2D eigenvalue weighted by Gasteiger charge is 2.33. The van der Waals surface area contributed by atoms with Crippen LogP contribution < -0.4 is 5.32 Å². The Bertz CT molecular complexity index is 368. The molecule has 0 aromatic carbocycles. The van der Waals surface area contributed by atoms with E-state index < -0.39 is 15.4 Å². The highest BCUT2D eigenvalue weighted by Crippen LogP contribution is 2.31. The Kier molecular flexibility index (Phi) is 4.34. The lowest BCUT2D eigenvalue weighted by atomic mass is 9.79. The van der Waals surface area contributed by atoms with Gasteiger partial charge in [-0.05, 0) is 31.6 Å². The third kappa shape index (κ3) is 3.93. The molecule has 1 aliphatic carbocycles. The van der Waals surface area contributed by atoms with Crippen LogP contribution in [0.25, 0.3) is 0 Å². The van der Waals surface area contributed by atoms with E-state index in [0.717, 1.165) is 19.3 Å². The Morgan fingerprint density at radius 1 is 1.28 bits per heavy atom. The Balaban J connectivity index is 1.78. The lowest BCUT2D eigenvalue weighted by Crippen LogP contribution is -2.48. The fraction of sp³-hybridized carbons (Fsp3) is 1.00. The number of sulfone groups is 1. The van der Waals surface area contributed by atoms with Crippen LogP contribution in [0, 0.1) is 5.92 Å². The van der Waals surface area contributed by atoms with E-state index in [1.807, 2.05) is 0 Å². The summed E-state index contributed by atoms with van der Waals surface area (Å²) in [6.45, 7) is 2.80. The Labute approximate surface area is 110 Å². The van der Waals surface area contributed by atoms with Crippen LogP contribution in [0.1, 0.15) is 45.4 Å². The second-order valence-corrected chi connectivity index (χ2v) is 8.54. The summed E-state index contributed by atoms with van der Waals surface area (Å²) in [6, 6.07) is 0.259. The predicted molar refractivity (Wildman–Crippen MR) is 72.3 cm³/mol. The van der Waals surface area contributed by atoms with Crippen molar-refractivity contribution in [3.8, 4) is 0 Å². The summed E-state index contributed by atoms with van der Waals surface area (Å²) in [6.07, 6.45) is 5.42. The molecule has 0 aromatic heterocycles. The summed E-state index contributed by atoms with van der Waals surface area (Å²) in [4.78, 5) is 0. The second-order valence-electron chi connectivity index (χ2n) is 6.23. The molecule has 2 N–H and O–H groups in total. The van der Waals surface area contributed by atoms with Gasteiger partial charge in [-0.2, -0.15) is 0 Å². The first-order valence-electron chi connectivity index (χ1n) is 7.05. The second kappa shape index (κ2) is 5.47. The van der Waals surface area contributed by atoms with Crippen LogP contribution in [0.5, 0.6) is 0 Å². The Hall–Kier alpha value is -0.130. The van der Waals surface area contributed by atoms with Crippen LogP contribution in [0.15, 0.2) is 0 Å². The zero-order valence-corrected chi connectivity index (χ0v) is 12.0. The molecule has 0 aromatic rings. The van der Waals surface area contributed by atoms with E-state index in [1.165, 1.54) is 6.42 Å². The fourth-order valence-corrected chi connectivity index (χ4v) is 4.71. The number of aliphatic hydroxyl groups is 1. The predicted octanol–water partition coefficient (Wildman–Crippen LogP) is 1.09. The summed E-state index contributed by atoms with van der Waals surface area (Å²) >= 11 is 0. The molecule has 2 atom stereocenters. The SMILES string of the molecule is CC1CCCC(O)(CNC2CCS(=O)(=O)CC2)C1. The molecule has 2 unspecified atom stereocenters. The molecule has 0 spiro atoms. The minimum Gasteiger partial charge on any atom is -0.389 e. The van der Waals surface area contributed by atoms with Crippen LogP contribution in [0.2, 0.25) is 0 Å². The van der Waals surface area contributed by atoms with Crippen molar-refractivity contribution >= 4 is 9.84 Å². The summed E-state index contributed by atoms with van der Waals surface area (Å²) in [5.41, 5.74) is -0.575. The van der Waals surface area contributed by atoms with E-state index in [1.54, 1.807) is 0 Å². The first-order chi connectivity index (χ1) is 8.39. The average Bonchev–Trinajstić information content (AvgIpc) is 2.27. The molecule has 1 saturated carbocycles. The quantitative estimate of drug-likeness (QED) is 0.809. The first kappa shape index (κ1) is 14.3. The lowest BCUT2D eigenvalue weighted by Gasteiger charge is -2.37. The number of hydrogen-bond acceptors (Lipinski definition) is 4. The minimum absolute atomic E-state index is 0.259. The van der Waals surface area contributed by atoms with Crippen LogP contribution in [0.4, 0.5) is 0 Å². The van der Waals surface area contributed by atoms with Gasteiger partial charge in [-0.25, -0.2) is 8.42 Å². The van der Waals surface area contributed by atoms with Gasteiger partial charge in [0.05, 0.1) is 17.1 Å². The molecule has 0 bridgehead atoms. The first-order valence-corrected chi connectivity index (χ1v) is 8.87. The fourth-order valence-electron chi connectivity index (χ4n) is 3.22. The van der Waals surface area contributed by atoms with Crippen LogP contribution in [0.3, 0.4) is 0 Å². The molecule has 2 rings (SSSR count). The van der Waals surface area contributed by atoms with E-state index in [0.29, 0.717) is 36.8 Å². The summed E-state index contributed by atoms with van der Waals surface area (Å²) in [5.74, 6) is 1.18. The average molecular weight is 275 g/mol. The molecule has 106 valence electrons. The standard InChI is InChI=1S/C13H25NO3S/c1-11-3-2-6-13(15,9-11)10-14-12-4-7-18(16,17)8-5-12/h11-12,14-15H,2-10H2,1H3. The topological polar surface area (TPSA) is 66.4 Å². The van der Waals surface area contributed by atoms with Gasteiger partial charge in [-0.15, -0.1) is 0 Å². The molecule has 18 heavy (non-hydrogen) atoms. The van der Waals surface area contributed by atoms with Crippen molar-refractivity contribution in [3.05, 3.63) is 0 Å². The molecule has 4 nitrogen and oxygen atoms in total. The molecule has 5 heteroatoms. The van der Waals surface area contributed by atoms with Crippen molar-refractivity contribution in [1.82, 2.24) is 5.32 Å². The van der Waals surface area contributed by atoms with Gasteiger partial charge in [0.1, 0.15) is 9.84 Å². The molecular weight excluding hydrogens is 250 g/mol. The van der Waals surface area contributed by atoms with Gasteiger partial charge in [-0.3, -0.25) is 0 Å². The van der Waals surface area contributed by atoms with Crippen LogP contribution in [-0.2, 0) is 9.84 Å². The summed E-state index contributed by atoms with van der Waals surface area (Å²) in [7, 11) is -2.79. The van der Waals surface area contributed by atoms with Crippen LogP contribution >= 0.6 is 0 Å². The van der Waals surface area contributed by atoms with Crippen molar-refractivity contribution in [1.29, 1.82) is 0 Å². The van der Waals surface area contributed by atoms with Gasteiger partial charge in [0.25, 0.3) is 0 Å². The zero-order valence-electron chi connectivity index (χ0n) is 11.2. The van der Waals surface area contributed by atoms with Gasteiger partial charge in [0.2, 0.25) is 0 Å².